The number of hydrogen-bond acceptors (Lipinski definition) is 4. The van der Waals surface area contributed by atoms with Gasteiger partial charge in [0.1, 0.15) is 11.6 Å². The Hall–Kier alpha value is -2.10. The lowest BCUT2D eigenvalue weighted by Crippen LogP contribution is -2.08. The molecule has 0 saturated heterocycles. The minimum absolute atomic E-state index is 0.477. The van der Waals surface area contributed by atoms with Crippen LogP contribution in [0.15, 0.2) is 30.3 Å². The largest absolute Gasteiger partial charge is 0.497 e. The van der Waals surface area contributed by atoms with Crippen molar-refractivity contribution in [3.8, 4) is 11.6 Å². The van der Waals surface area contributed by atoms with E-state index in [0.717, 1.165) is 22.8 Å². The molecule has 0 atom stereocenters. The van der Waals surface area contributed by atoms with Gasteiger partial charge in [0.05, 0.1) is 13.7 Å². The van der Waals surface area contributed by atoms with Gasteiger partial charge in [-0.1, -0.05) is 26.0 Å². The van der Waals surface area contributed by atoms with Crippen molar-refractivity contribution in [2.75, 3.05) is 13.7 Å². The minimum Gasteiger partial charge on any atom is -0.497 e. The molecule has 0 aliphatic rings. The van der Waals surface area contributed by atoms with E-state index in [1.54, 1.807) is 7.11 Å². The third-order valence-electron chi connectivity index (χ3n) is 2.96. The summed E-state index contributed by atoms with van der Waals surface area (Å²) < 4.78 is 10.9. The summed E-state index contributed by atoms with van der Waals surface area (Å²) in [4.78, 5) is 8.96. The lowest BCUT2D eigenvalue weighted by atomic mass is 10.1. The Kier molecular flexibility index (Phi) is 5.14. The Labute approximate surface area is 126 Å². The second-order valence-corrected chi connectivity index (χ2v) is 5.49. The van der Waals surface area contributed by atoms with Crippen molar-refractivity contribution in [1.82, 2.24) is 9.97 Å². The van der Waals surface area contributed by atoms with Gasteiger partial charge in [0.15, 0.2) is 0 Å². The van der Waals surface area contributed by atoms with Crippen LogP contribution in [-0.2, 0) is 6.42 Å². The molecule has 21 heavy (non-hydrogen) atoms. The van der Waals surface area contributed by atoms with Gasteiger partial charge in [0.2, 0.25) is 5.88 Å². The van der Waals surface area contributed by atoms with Crippen LogP contribution in [-0.4, -0.2) is 23.7 Å². The number of aryl methyl sites for hydroxylation is 1. The van der Waals surface area contributed by atoms with Gasteiger partial charge in [-0.3, -0.25) is 0 Å². The first kappa shape index (κ1) is 15.3. The molecule has 1 heterocycles. The summed E-state index contributed by atoms with van der Waals surface area (Å²) in [7, 11) is 1.66. The fourth-order valence-corrected chi connectivity index (χ4v) is 1.93. The van der Waals surface area contributed by atoms with Gasteiger partial charge in [-0.05, 0) is 30.5 Å². The zero-order chi connectivity index (χ0) is 15.2. The zero-order valence-corrected chi connectivity index (χ0v) is 13.1. The molecule has 1 aromatic carbocycles. The molecule has 0 N–H and O–H groups in total. The monoisotopic (exact) mass is 286 g/mol. The molecule has 0 fully saturated rings. The van der Waals surface area contributed by atoms with Crippen molar-refractivity contribution < 1.29 is 9.47 Å². The predicted octanol–water partition coefficient (Wildman–Crippen LogP) is 3.42. The average molecular weight is 286 g/mol. The molecule has 4 nitrogen and oxygen atoms in total. The number of nitrogens with zero attached hydrogens (tertiary/aromatic N) is 2. The Bertz CT molecular complexity index is 580. The molecule has 2 rings (SSSR count). The average Bonchev–Trinajstić information content (AvgIpc) is 2.45. The Morgan fingerprint density at radius 3 is 2.43 bits per heavy atom. The van der Waals surface area contributed by atoms with Crippen molar-refractivity contribution in [3.05, 3.63) is 47.4 Å². The number of aromatic nitrogens is 2. The summed E-state index contributed by atoms with van der Waals surface area (Å²) in [6, 6.07) is 9.82. The topological polar surface area (TPSA) is 44.2 Å². The quantitative estimate of drug-likeness (QED) is 0.816. The van der Waals surface area contributed by atoms with E-state index in [9.17, 15) is 0 Å². The summed E-state index contributed by atoms with van der Waals surface area (Å²) in [5, 5.41) is 0. The predicted molar refractivity (Wildman–Crippen MR) is 82.9 cm³/mol. The van der Waals surface area contributed by atoms with Gasteiger partial charge in [-0.2, -0.15) is 4.98 Å². The summed E-state index contributed by atoms with van der Waals surface area (Å²) >= 11 is 0. The van der Waals surface area contributed by atoms with Crippen LogP contribution in [0.5, 0.6) is 11.6 Å². The molecule has 1 aromatic heterocycles. The summed E-state index contributed by atoms with van der Waals surface area (Å²) in [6.45, 7) is 6.86. The van der Waals surface area contributed by atoms with Gasteiger partial charge in [-0.15, -0.1) is 0 Å². The molecule has 0 aliphatic carbocycles. The van der Waals surface area contributed by atoms with Crippen LogP contribution in [0.25, 0.3) is 0 Å². The maximum Gasteiger partial charge on any atom is 0.216 e. The van der Waals surface area contributed by atoms with Crippen molar-refractivity contribution in [2.24, 2.45) is 5.92 Å². The standard InChI is InChI=1S/C17H22N2O2/c1-12(2)11-21-17-9-13(3)18-16(19-17)10-14-5-7-15(20-4)8-6-14/h5-9,12H,10-11H2,1-4H3. The Morgan fingerprint density at radius 2 is 1.81 bits per heavy atom. The molecule has 0 bridgehead atoms. The first-order valence-electron chi connectivity index (χ1n) is 7.17. The van der Waals surface area contributed by atoms with E-state index in [-0.39, 0.29) is 0 Å². The lowest BCUT2D eigenvalue weighted by Gasteiger charge is -2.10. The van der Waals surface area contributed by atoms with E-state index in [1.165, 1.54) is 0 Å². The molecule has 0 spiro atoms. The van der Waals surface area contributed by atoms with E-state index in [1.807, 2.05) is 37.3 Å². The summed E-state index contributed by atoms with van der Waals surface area (Å²) in [5.74, 6) is 2.76. The van der Waals surface area contributed by atoms with Crippen LogP contribution in [0.1, 0.15) is 30.9 Å². The van der Waals surface area contributed by atoms with E-state index < -0.39 is 0 Å². The highest BCUT2D eigenvalue weighted by atomic mass is 16.5. The van der Waals surface area contributed by atoms with Crippen LogP contribution in [0.3, 0.4) is 0 Å². The molecule has 2 aromatic rings. The van der Waals surface area contributed by atoms with E-state index in [2.05, 4.69) is 23.8 Å². The number of ether oxygens (including phenoxy) is 2. The minimum atomic E-state index is 0.477. The van der Waals surface area contributed by atoms with Crippen LogP contribution >= 0.6 is 0 Å². The van der Waals surface area contributed by atoms with Crippen LogP contribution in [0.4, 0.5) is 0 Å². The SMILES string of the molecule is COc1ccc(Cc2nc(C)cc(OCC(C)C)n2)cc1. The number of rotatable bonds is 6. The Morgan fingerprint density at radius 1 is 1.10 bits per heavy atom. The normalized spacial score (nSPS) is 10.7. The Balaban J connectivity index is 2.11. The van der Waals surface area contributed by atoms with Gasteiger partial charge in [-0.25, -0.2) is 4.98 Å². The van der Waals surface area contributed by atoms with Crippen molar-refractivity contribution in [2.45, 2.75) is 27.2 Å². The van der Waals surface area contributed by atoms with Crippen LogP contribution in [0.2, 0.25) is 0 Å². The molecule has 4 heteroatoms. The fourth-order valence-electron chi connectivity index (χ4n) is 1.93. The molecular weight excluding hydrogens is 264 g/mol. The second-order valence-electron chi connectivity index (χ2n) is 5.49. The molecule has 0 unspecified atom stereocenters. The zero-order valence-electron chi connectivity index (χ0n) is 13.1. The van der Waals surface area contributed by atoms with Gasteiger partial charge in [0, 0.05) is 18.2 Å². The first-order chi connectivity index (χ1) is 10.1. The maximum atomic E-state index is 5.69. The molecule has 0 aliphatic heterocycles. The lowest BCUT2D eigenvalue weighted by molar-refractivity contribution is 0.260. The van der Waals surface area contributed by atoms with E-state index in [4.69, 9.17) is 9.47 Å². The molecule has 0 amide bonds. The van der Waals surface area contributed by atoms with Crippen molar-refractivity contribution in [1.29, 1.82) is 0 Å². The van der Waals surface area contributed by atoms with E-state index >= 15 is 0 Å². The highest BCUT2D eigenvalue weighted by molar-refractivity contribution is 5.29. The van der Waals surface area contributed by atoms with E-state index in [0.29, 0.717) is 24.8 Å². The van der Waals surface area contributed by atoms with Gasteiger partial charge >= 0.3 is 0 Å². The van der Waals surface area contributed by atoms with Gasteiger partial charge < -0.3 is 9.47 Å². The van der Waals surface area contributed by atoms with Crippen molar-refractivity contribution >= 4 is 0 Å². The smallest absolute Gasteiger partial charge is 0.216 e. The van der Waals surface area contributed by atoms with Crippen LogP contribution < -0.4 is 9.47 Å². The highest BCUT2D eigenvalue weighted by Crippen LogP contribution is 2.16. The number of hydrogen-bond donors (Lipinski definition) is 0. The maximum absolute atomic E-state index is 5.69. The molecule has 0 saturated carbocycles. The molecule has 112 valence electrons. The third kappa shape index (κ3) is 4.74. The van der Waals surface area contributed by atoms with Crippen molar-refractivity contribution in [3.63, 3.8) is 0 Å². The van der Waals surface area contributed by atoms with Gasteiger partial charge in [0.25, 0.3) is 0 Å². The number of methoxy groups -OCH3 is 1. The number of benzene rings is 1. The summed E-state index contributed by atoms with van der Waals surface area (Å²) in [6.07, 6.45) is 0.684. The molecule has 0 radical (unpaired) electrons. The second kappa shape index (κ2) is 7.07. The molecular formula is C17H22N2O2. The first-order valence-corrected chi connectivity index (χ1v) is 7.17. The highest BCUT2D eigenvalue weighted by Gasteiger charge is 2.06. The third-order valence-corrected chi connectivity index (χ3v) is 2.96. The van der Waals surface area contributed by atoms with Crippen LogP contribution in [0, 0.1) is 12.8 Å². The fraction of sp³-hybridized carbons (Fsp3) is 0.412. The summed E-state index contributed by atoms with van der Waals surface area (Å²) in [5.41, 5.74) is 2.07.